The Morgan fingerprint density at radius 2 is 1.74 bits per heavy atom. The van der Waals surface area contributed by atoms with Crippen LogP contribution in [0.5, 0.6) is 0 Å². The number of H-pyrrole nitrogens is 1. The van der Waals surface area contributed by atoms with Crippen LogP contribution in [0, 0.1) is 6.92 Å². The SMILES string of the molecule is Cc1[nH]c2ccccc2c1C[C@@H](C(=O)NCc1cc(-c2ccc(S(N)(=O)=O)cc2)cc(Cl)c1Sc1ncccc1CN)N(C)C(=O)[C@@H](N)CCCCN. The molecule has 3 aromatic carbocycles. The summed E-state index contributed by atoms with van der Waals surface area (Å²) >= 11 is 8.30. The van der Waals surface area contributed by atoms with Gasteiger partial charge in [-0.1, -0.05) is 66.2 Å². The van der Waals surface area contributed by atoms with Gasteiger partial charge in [-0.15, -0.1) is 0 Å². The van der Waals surface area contributed by atoms with Crippen molar-refractivity contribution in [2.75, 3.05) is 13.6 Å². The van der Waals surface area contributed by atoms with E-state index in [1.165, 1.54) is 28.8 Å². The third-order valence-corrected chi connectivity index (χ3v) is 11.8. The monoisotopic (exact) mass is 776 g/mol. The molecule has 0 fully saturated rings. The van der Waals surface area contributed by atoms with E-state index in [-0.39, 0.29) is 36.2 Å². The third kappa shape index (κ3) is 9.64. The molecule has 0 aliphatic rings. The minimum atomic E-state index is -3.89. The molecule has 2 aromatic heterocycles. The molecule has 53 heavy (non-hydrogen) atoms. The van der Waals surface area contributed by atoms with Crippen LogP contribution >= 0.6 is 23.4 Å². The van der Waals surface area contributed by atoms with Crippen molar-refractivity contribution in [1.29, 1.82) is 0 Å². The van der Waals surface area contributed by atoms with Gasteiger partial charge >= 0.3 is 0 Å². The number of hydrogen-bond acceptors (Lipinski definition) is 9. The van der Waals surface area contributed by atoms with Crippen molar-refractivity contribution in [3.8, 4) is 11.1 Å². The summed E-state index contributed by atoms with van der Waals surface area (Å²) in [6, 6.07) is 19.6. The first kappa shape index (κ1) is 39.9. The van der Waals surface area contributed by atoms with E-state index >= 15 is 0 Å². The zero-order chi connectivity index (χ0) is 38.3. The molecule has 2 heterocycles. The maximum atomic E-state index is 14.4. The highest BCUT2D eigenvalue weighted by molar-refractivity contribution is 7.99. The number of nitrogens with two attached hydrogens (primary N) is 4. The molecule has 0 aliphatic heterocycles. The van der Waals surface area contributed by atoms with Crippen molar-refractivity contribution >= 4 is 56.1 Å². The lowest BCUT2D eigenvalue weighted by Crippen LogP contribution is -2.53. The van der Waals surface area contributed by atoms with Crippen LogP contribution in [0.4, 0.5) is 0 Å². The third-order valence-electron chi connectivity index (χ3n) is 9.19. The zero-order valence-corrected chi connectivity index (χ0v) is 32.0. The topological polar surface area (TPSA) is 216 Å². The molecule has 0 unspecified atom stereocenters. The first-order valence-corrected chi connectivity index (χ1v) is 19.9. The Morgan fingerprint density at radius 3 is 2.43 bits per heavy atom. The molecule has 280 valence electrons. The molecule has 5 aromatic rings. The van der Waals surface area contributed by atoms with Gasteiger partial charge in [-0.3, -0.25) is 9.59 Å². The van der Waals surface area contributed by atoms with Gasteiger partial charge in [-0.2, -0.15) is 0 Å². The van der Waals surface area contributed by atoms with Gasteiger partial charge < -0.3 is 32.4 Å². The van der Waals surface area contributed by atoms with Crippen LogP contribution in [0.15, 0.2) is 93.8 Å². The highest BCUT2D eigenvalue weighted by Crippen LogP contribution is 2.40. The number of pyridine rings is 1. The molecule has 2 atom stereocenters. The van der Waals surface area contributed by atoms with E-state index in [9.17, 15) is 18.0 Å². The van der Waals surface area contributed by atoms with Crippen molar-refractivity contribution in [1.82, 2.24) is 20.2 Å². The highest BCUT2D eigenvalue weighted by atomic mass is 35.5. The van der Waals surface area contributed by atoms with Crippen LogP contribution in [-0.4, -0.2) is 60.8 Å². The number of likely N-dealkylation sites (N-methyl/N-ethyl adjacent to an activating group) is 1. The van der Waals surface area contributed by atoms with Crippen LogP contribution in [-0.2, 0) is 39.1 Å². The lowest BCUT2D eigenvalue weighted by Gasteiger charge is -2.30. The Morgan fingerprint density at radius 1 is 1.00 bits per heavy atom. The van der Waals surface area contributed by atoms with Gasteiger partial charge in [0.1, 0.15) is 11.1 Å². The molecule has 0 spiro atoms. The standard InChI is InChI=1S/C38H45ClN8O4S2/c1-23-30(29-9-3-4-11-33(29)46-23)20-34(47(2)38(49)32(42)10-5-6-16-40)36(48)45-22-27-18-26(24-12-14-28(15-13-24)53(43,50)51)19-31(39)35(27)52-37-25(21-41)8-7-17-44-37/h3-4,7-9,11-15,17-19,32,34,46H,5-6,10,16,20-22,40-42H2,1-2H3,(H,45,48)(H2,43,50,51)/t32-,34-/m0/s1. The van der Waals surface area contributed by atoms with Crippen molar-refractivity contribution in [2.24, 2.45) is 22.3 Å². The molecular formula is C38H45ClN8O4S2. The number of fused-ring (bicyclic) bond motifs is 1. The van der Waals surface area contributed by atoms with Crippen molar-refractivity contribution in [3.05, 3.63) is 106 Å². The Hall–Kier alpha value is -4.28. The number of benzene rings is 3. The maximum absolute atomic E-state index is 14.4. The molecule has 0 aliphatic carbocycles. The minimum absolute atomic E-state index is 0.0225. The normalized spacial score (nSPS) is 12.8. The van der Waals surface area contributed by atoms with Gasteiger partial charge in [0.2, 0.25) is 21.8 Å². The van der Waals surface area contributed by atoms with E-state index in [1.54, 1.807) is 37.5 Å². The number of unbranched alkanes of at least 4 members (excludes halogenated alkanes) is 1. The van der Waals surface area contributed by atoms with Gasteiger partial charge in [0.25, 0.3) is 0 Å². The van der Waals surface area contributed by atoms with Crippen LogP contribution in [0.1, 0.15) is 41.6 Å². The fourth-order valence-electron chi connectivity index (χ4n) is 6.21. The van der Waals surface area contributed by atoms with E-state index in [4.69, 9.17) is 33.9 Å². The van der Waals surface area contributed by atoms with Crippen LogP contribution in [0.3, 0.4) is 0 Å². The number of aromatic amines is 1. The lowest BCUT2D eigenvalue weighted by atomic mass is 9.99. The summed E-state index contributed by atoms with van der Waals surface area (Å²) in [5.41, 5.74) is 23.6. The zero-order valence-electron chi connectivity index (χ0n) is 29.6. The number of amides is 2. The molecule has 12 nitrogen and oxygen atoms in total. The number of nitrogens with zero attached hydrogens (tertiary/aromatic N) is 2. The Labute approximate surface area is 319 Å². The number of para-hydroxylation sites is 1. The first-order valence-electron chi connectivity index (χ1n) is 17.2. The van der Waals surface area contributed by atoms with E-state index in [0.717, 1.165) is 34.1 Å². The number of aryl methyl sites for hydroxylation is 1. The number of carbonyl (C=O) groups excluding carboxylic acids is 2. The molecule has 0 radical (unpaired) electrons. The second-order valence-electron chi connectivity index (χ2n) is 12.8. The predicted molar refractivity (Wildman–Crippen MR) is 211 cm³/mol. The van der Waals surface area contributed by atoms with Crippen LogP contribution in [0.25, 0.3) is 22.0 Å². The van der Waals surface area contributed by atoms with Gasteiger partial charge in [0.05, 0.1) is 16.0 Å². The summed E-state index contributed by atoms with van der Waals surface area (Å²) in [5, 5.41) is 10.4. The molecule has 0 bridgehead atoms. The molecule has 10 N–H and O–H groups in total. The quantitative estimate of drug-likeness (QED) is 0.0772. The summed E-state index contributed by atoms with van der Waals surface area (Å²) in [4.78, 5) is 38.0. The fraction of sp³-hybridized carbons (Fsp3) is 0.289. The van der Waals surface area contributed by atoms with E-state index in [2.05, 4.69) is 15.3 Å². The maximum Gasteiger partial charge on any atom is 0.243 e. The van der Waals surface area contributed by atoms with E-state index in [1.807, 2.05) is 43.3 Å². The van der Waals surface area contributed by atoms with Crippen molar-refractivity contribution in [2.45, 2.75) is 72.6 Å². The van der Waals surface area contributed by atoms with Crippen LogP contribution < -0.4 is 27.7 Å². The molecule has 5 rings (SSSR count). The average molecular weight is 777 g/mol. The van der Waals surface area contributed by atoms with Crippen LogP contribution in [0.2, 0.25) is 5.02 Å². The number of nitrogens with one attached hydrogen (secondary N) is 2. The lowest BCUT2D eigenvalue weighted by molar-refractivity contribution is -0.140. The van der Waals surface area contributed by atoms with E-state index < -0.39 is 22.1 Å². The summed E-state index contributed by atoms with van der Waals surface area (Å²) in [5.74, 6) is -0.719. The first-order chi connectivity index (χ1) is 25.3. The Kier molecular flexibility index (Phi) is 13.3. The summed E-state index contributed by atoms with van der Waals surface area (Å²) in [7, 11) is -2.28. The number of aromatic nitrogens is 2. The van der Waals surface area contributed by atoms with Crippen molar-refractivity contribution < 1.29 is 18.0 Å². The van der Waals surface area contributed by atoms with Gasteiger partial charge in [0, 0.05) is 54.2 Å². The van der Waals surface area contributed by atoms with Gasteiger partial charge in [-0.05, 0) is 90.5 Å². The summed E-state index contributed by atoms with van der Waals surface area (Å²) < 4.78 is 23.8. The number of sulfonamides is 1. The number of halogens is 1. The number of primary sulfonamides is 1. The molecule has 15 heteroatoms. The molecule has 2 amide bonds. The second-order valence-corrected chi connectivity index (χ2v) is 15.8. The summed E-state index contributed by atoms with van der Waals surface area (Å²) in [6.07, 6.45) is 3.80. The fourth-order valence-corrected chi connectivity index (χ4v) is 8.09. The summed E-state index contributed by atoms with van der Waals surface area (Å²) in [6.45, 7) is 2.76. The van der Waals surface area contributed by atoms with E-state index in [0.29, 0.717) is 51.0 Å². The predicted octanol–water partition coefficient (Wildman–Crippen LogP) is 4.59. The van der Waals surface area contributed by atoms with Gasteiger partial charge in [0.15, 0.2) is 0 Å². The molecular weight excluding hydrogens is 732 g/mol. The number of carbonyl (C=O) groups is 2. The Bertz CT molecular complexity index is 2190. The average Bonchev–Trinajstić information content (AvgIpc) is 3.47. The van der Waals surface area contributed by atoms with Gasteiger partial charge in [-0.25, -0.2) is 18.5 Å². The highest BCUT2D eigenvalue weighted by Gasteiger charge is 2.31. The molecule has 0 saturated heterocycles. The Balaban J connectivity index is 1.51. The van der Waals surface area contributed by atoms with Crippen molar-refractivity contribution in [3.63, 3.8) is 0 Å². The number of hydrogen-bond donors (Lipinski definition) is 6. The largest absolute Gasteiger partial charge is 0.358 e. The second kappa shape index (κ2) is 17.7. The number of rotatable bonds is 16. The molecule has 0 saturated carbocycles. The minimum Gasteiger partial charge on any atom is -0.358 e. The smallest absolute Gasteiger partial charge is 0.243 e.